The van der Waals surface area contributed by atoms with Gasteiger partial charge in [0.05, 0.1) is 11.9 Å². The largest absolute Gasteiger partial charge is 0.396 e. The molecule has 5 heteroatoms. The van der Waals surface area contributed by atoms with Crippen molar-refractivity contribution >= 4 is 11.6 Å². The van der Waals surface area contributed by atoms with Crippen LogP contribution in [-0.4, -0.2) is 33.9 Å². The van der Waals surface area contributed by atoms with Crippen LogP contribution in [0.3, 0.4) is 0 Å². The maximum absolute atomic E-state index is 11.7. The number of anilines is 1. The van der Waals surface area contributed by atoms with Gasteiger partial charge in [0.1, 0.15) is 0 Å². The van der Waals surface area contributed by atoms with Crippen molar-refractivity contribution in [2.75, 3.05) is 18.1 Å². The summed E-state index contributed by atoms with van der Waals surface area (Å²) in [5.41, 5.74) is 0.828. The maximum Gasteiger partial charge on any atom is 0.227 e. The van der Waals surface area contributed by atoms with Crippen molar-refractivity contribution in [1.82, 2.24) is 9.78 Å². The fourth-order valence-electron chi connectivity index (χ4n) is 1.90. The summed E-state index contributed by atoms with van der Waals surface area (Å²) in [5, 5.41) is 13.2. The number of aromatic nitrogens is 2. The summed E-state index contributed by atoms with van der Waals surface area (Å²) in [6, 6.07) is 0.292. The first-order chi connectivity index (χ1) is 7.61. The minimum atomic E-state index is 0.0647. The molecule has 0 radical (unpaired) electrons. The van der Waals surface area contributed by atoms with Gasteiger partial charge in [-0.15, -0.1) is 0 Å². The Kier molecular flexibility index (Phi) is 2.96. The number of amides is 1. The van der Waals surface area contributed by atoms with Crippen LogP contribution >= 0.6 is 0 Å². The molecule has 1 N–H and O–H groups in total. The second-order valence-electron chi connectivity index (χ2n) is 4.53. The first-order valence-corrected chi connectivity index (χ1v) is 5.57. The first-order valence-electron chi connectivity index (χ1n) is 5.57. The molecule has 1 aromatic heterocycles. The van der Waals surface area contributed by atoms with Gasteiger partial charge in [0.25, 0.3) is 0 Å². The number of carbonyl (C=O) groups excluding carboxylic acids is 1. The van der Waals surface area contributed by atoms with E-state index in [0.717, 1.165) is 5.69 Å². The van der Waals surface area contributed by atoms with Gasteiger partial charge < -0.3 is 10.0 Å². The monoisotopic (exact) mass is 223 g/mol. The number of nitrogens with zero attached hydrogens (tertiary/aromatic N) is 3. The predicted molar refractivity (Wildman–Crippen MR) is 60.2 cm³/mol. The Labute approximate surface area is 94.7 Å². The molecule has 1 unspecified atom stereocenters. The molecule has 88 valence electrons. The molecule has 0 saturated carbocycles. The molecule has 0 bridgehead atoms. The van der Waals surface area contributed by atoms with E-state index in [1.54, 1.807) is 11.1 Å². The summed E-state index contributed by atoms with van der Waals surface area (Å²) in [4.78, 5) is 13.4. The molecular formula is C11H17N3O2. The third-order valence-corrected chi connectivity index (χ3v) is 2.89. The number of hydrogen-bond donors (Lipinski definition) is 1. The molecular weight excluding hydrogens is 206 g/mol. The molecule has 5 nitrogen and oxygen atoms in total. The van der Waals surface area contributed by atoms with Crippen molar-refractivity contribution in [3.63, 3.8) is 0 Å². The van der Waals surface area contributed by atoms with E-state index in [1.807, 2.05) is 24.7 Å². The fraction of sp³-hybridized carbons (Fsp3) is 0.636. The lowest BCUT2D eigenvalue weighted by atomic mass is 10.1. The highest BCUT2D eigenvalue weighted by Crippen LogP contribution is 2.24. The average Bonchev–Trinajstić information content (AvgIpc) is 2.83. The van der Waals surface area contributed by atoms with E-state index in [9.17, 15) is 4.79 Å². The molecule has 16 heavy (non-hydrogen) atoms. The lowest BCUT2D eigenvalue weighted by molar-refractivity contribution is -0.117. The van der Waals surface area contributed by atoms with Crippen LogP contribution in [0.4, 0.5) is 5.69 Å². The van der Waals surface area contributed by atoms with Gasteiger partial charge in [-0.05, 0) is 13.8 Å². The summed E-state index contributed by atoms with van der Waals surface area (Å²) in [6.07, 6.45) is 4.02. The van der Waals surface area contributed by atoms with E-state index in [4.69, 9.17) is 5.11 Å². The molecule has 0 aliphatic carbocycles. The van der Waals surface area contributed by atoms with Crippen LogP contribution in [0.5, 0.6) is 0 Å². The number of aliphatic hydroxyl groups excluding tert-OH is 1. The Balaban J connectivity index is 2.15. The number of carbonyl (C=O) groups is 1. The van der Waals surface area contributed by atoms with Gasteiger partial charge in [0.15, 0.2) is 0 Å². The van der Waals surface area contributed by atoms with Crippen molar-refractivity contribution in [2.24, 2.45) is 5.92 Å². The van der Waals surface area contributed by atoms with Gasteiger partial charge in [-0.2, -0.15) is 5.10 Å². The van der Waals surface area contributed by atoms with E-state index < -0.39 is 0 Å². The first kappa shape index (κ1) is 11.1. The minimum absolute atomic E-state index is 0.0647. The van der Waals surface area contributed by atoms with Crippen LogP contribution in [0.15, 0.2) is 12.4 Å². The molecule has 1 aliphatic rings. The van der Waals surface area contributed by atoms with Gasteiger partial charge in [-0.25, -0.2) is 0 Å². The van der Waals surface area contributed by atoms with Crippen molar-refractivity contribution < 1.29 is 9.90 Å². The van der Waals surface area contributed by atoms with Crippen molar-refractivity contribution in [1.29, 1.82) is 0 Å². The van der Waals surface area contributed by atoms with Crippen LogP contribution in [0.2, 0.25) is 0 Å². The van der Waals surface area contributed by atoms with E-state index in [0.29, 0.717) is 19.0 Å². The van der Waals surface area contributed by atoms with Crippen molar-refractivity contribution in [2.45, 2.75) is 26.3 Å². The number of rotatable bonds is 3. The zero-order chi connectivity index (χ0) is 11.7. The molecule has 2 rings (SSSR count). The Hall–Kier alpha value is -1.36. The summed E-state index contributed by atoms with van der Waals surface area (Å²) in [7, 11) is 0. The van der Waals surface area contributed by atoms with Gasteiger partial charge in [-0.1, -0.05) is 0 Å². The van der Waals surface area contributed by atoms with Crippen LogP contribution in [0.1, 0.15) is 26.3 Å². The zero-order valence-electron chi connectivity index (χ0n) is 9.63. The third-order valence-electron chi connectivity index (χ3n) is 2.89. The van der Waals surface area contributed by atoms with Crippen molar-refractivity contribution in [3.8, 4) is 0 Å². The standard InChI is InChI=1S/C11H17N3O2/c1-8(2)14-6-10(4-12-14)13-5-9(7-15)3-11(13)16/h4,6,8-9,15H,3,5,7H2,1-2H3. The number of hydrogen-bond acceptors (Lipinski definition) is 3. The lowest BCUT2D eigenvalue weighted by Gasteiger charge is -2.13. The van der Waals surface area contributed by atoms with Gasteiger partial charge >= 0.3 is 0 Å². The molecule has 1 saturated heterocycles. The van der Waals surface area contributed by atoms with Crippen LogP contribution in [-0.2, 0) is 4.79 Å². The molecule has 1 atom stereocenters. The van der Waals surface area contributed by atoms with Gasteiger partial charge in [-0.3, -0.25) is 9.48 Å². The topological polar surface area (TPSA) is 58.4 Å². The molecule has 2 heterocycles. The fourth-order valence-corrected chi connectivity index (χ4v) is 1.90. The lowest BCUT2D eigenvalue weighted by Crippen LogP contribution is -2.24. The second-order valence-corrected chi connectivity index (χ2v) is 4.53. The predicted octanol–water partition coefficient (Wildman–Crippen LogP) is 0.809. The number of aliphatic hydroxyl groups is 1. The van der Waals surface area contributed by atoms with E-state index in [-0.39, 0.29) is 18.4 Å². The van der Waals surface area contributed by atoms with Gasteiger partial charge in [0.2, 0.25) is 5.91 Å². The Morgan fingerprint density at radius 3 is 2.88 bits per heavy atom. The van der Waals surface area contributed by atoms with Crippen LogP contribution < -0.4 is 4.90 Å². The van der Waals surface area contributed by atoms with E-state index >= 15 is 0 Å². The molecule has 1 aromatic rings. The van der Waals surface area contributed by atoms with Gasteiger partial charge in [0, 0.05) is 37.7 Å². The summed E-state index contributed by atoms with van der Waals surface area (Å²) in [6.45, 7) is 4.75. The Morgan fingerprint density at radius 2 is 2.38 bits per heavy atom. The summed E-state index contributed by atoms with van der Waals surface area (Å²) >= 11 is 0. The normalized spacial score (nSPS) is 21.1. The Morgan fingerprint density at radius 1 is 1.62 bits per heavy atom. The minimum Gasteiger partial charge on any atom is -0.396 e. The van der Waals surface area contributed by atoms with Crippen LogP contribution in [0.25, 0.3) is 0 Å². The second kappa shape index (κ2) is 4.25. The smallest absolute Gasteiger partial charge is 0.227 e. The highest BCUT2D eigenvalue weighted by Gasteiger charge is 2.30. The highest BCUT2D eigenvalue weighted by molar-refractivity contribution is 5.95. The molecule has 0 aromatic carbocycles. The third kappa shape index (κ3) is 1.95. The molecule has 0 spiro atoms. The maximum atomic E-state index is 11.7. The SMILES string of the molecule is CC(C)n1cc(N2CC(CO)CC2=O)cn1. The zero-order valence-corrected chi connectivity index (χ0v) is 9.63. The molecule has 1 fully saturated rings. The quantitative estimate of drug-likeness (QED) is 0.825. The summed E-state index contributed by atoms with van der Waals surface area (Å²) in [5.74, 6) is 0.136. The van der Waals surface area contributed by atoms with E-state index in [2.05, 4.69) is 5.10 Å². The van der Waals surface area contributed by atoms with Crippen LogP contribution in [0, 0.1) is 5.92 Å². The molecule has 1 amide bonds. The summed E-state index contributed by atoms with van der Waals surface area (Å²) < 4.78 is 1.83. The average molecular weight is 223 g/mol. The highest BCUT2D eigenvalue weighted by atomic mass is 16.3. The van der Waals surface area contributed by atoms with Crippen molar-refractivity contribution in [3.05, 3.63) is 12.4 Å². The van der Waals surface area contributed by atoms with E-state index in [1.165, 1.54) is 0 Å². The molecule has 1 aliphatic heterocycles. The Bertz CT molecular complexity index is 386.